The summed E-state index contributed by atoms with van der Waals surface area (Å²) >= 11 is 0. The fourth-order valence-corrected chi connectivity index (χ4v) is 3.87. The van der Waals surface area contributed by atoms with Gasteiger partial charge in [0.15, 0.2) is 0 Å². The number of carboxylic acids is 1. The molecule has 0 unspecified atom stereocenters. The molecule has 0 radical (unpaired) electrons. The second-order valence-corrected chi connectivity index (χ2v) is 7.31. The molecule has 0 atom stereocenters. The van der Waals surface area contributed by atoms with E-state index in [0.29, 0.717) is 24.3 Å². The third-order valence-corrected chi connectivity index (χ3v) is 5.58. The van der Waals surface area contributed by atoms with E-state index in [2.05, 4.69) is 36.9 Å². The molecular weight excluding hydrogens is 342 g/mol. The quantitative estimate of drug-likeness (QED) is 0.899. The Kier molecular flexibility index (Phi) is 5.26. The molecule has 1 N–H and O–H groups in total. The lowest BCUT2D eigenvalue weighted by Crippen LogP contribution is -2.49. The Balaban J connectivity index is 1.68. The predicted molar refractivity (Wildman–Crippen MR) is 106 cm³/mol. The molecule has 6 nitrogen and oxygen atoms in total. The number of piperazine rings is 1. The van der Waals surface area contributed by atoms with Crippen LogP contribution in [0.25, 0.3) is 0 Å². The Morgan fingerprint density at radius 3 is 2.33 bits per heavy atom. The molecule has 1 amide bonds. The number of anilines is 1. The topological polar surface area (TPSA) is 65.8 Å². The summed E-state index contributed by atoms with van der Waals surface area (Å²) in [6, 6.07) is 6.31. The minimum Gasteiger partial charge on any atom is -0.478 e. The Bertz CT molecular complexity index is 877. The second-order valence-electron chi connectivity index (χ2n) is 7.31. The lowest BCUT2D eigenvalue weighted by molar-refractivity contribution is -0.130. The van der Waals surface area contributed by atoms with Crippen LogP contribution in [-0.2, 0) is 18.3 Å². The number of carbonyl (C=O) groups excluding carboxylic acids is 1. The van der Waals surface area contributed by atoms with Crippen molar-refractivity contribution in [3.05, 3.63) is 52.3 Å². The van der Waals surface area contributed by atoms with Crippen molar-refractivity contribution in [2.75, 3.05) is 31.1 Å². The molecule has 1 fully saturated rings. The smallest absolute Gasteiger partial charge is 0.337 e. The molecule has 2 aromatic rings. The Labute approximate surface area is 160 Å². The van der Waals surface area contributed by atoms with E-state index in [4.69, 9.17) is 0 Å². The number of nitrogens with zero attached hydrogens (tertiary/aromatic N) is 3. The molecule has 0 saturated carbocycles. The molecule has 1 aromatic heterocycles. The van der Waals surface area contributed by atoms with Gasteiger partial charge in [-0.3, -0.25) is 4.79 Å². The number of hydrogen-bond acceptors (Lipinski definition) is 3. The average Bonchev–Trinajstić information content (AvgIpc) is 2.91. The third kappa shape index (κ3) is 3.70. The average molecular weight is 369 g/mol. The monoisotopic (exact) mass is 369 g/mol. The maximum absolute atomic E-state index is 12.8. The lowest BCUT2D eigenvalue weighted by Gasteiger charge is -2.37. The minimum atomic E-state index is -0.976. The summed E-state index contributed by atoms with van der Waals surface area (Å²) in [6.45, 7) is 8.88. The van der Waals surface area contributed by atoms with Gasteiger partial charge in [0.2, 0.25) is 5.91 Å². The molecule has 2 heterocycles. The standard InChI is InChI=1S/C21H27N3O3/c1-14-6-5-7-17(16(14)3)23-8-10-24(11-9-23)19(25)12-18-20(21(26)27)15(2)13-22(18)4/h5-7,13H,8-12H2,1-4H3,(H,26,27). The van der Waals surface area contributed by atoms with Gasteiger partial charge in [-0.25, -0.2) is 4.79 Å². The SMILES string of the molecule is Cc1cccc(N2CCN(C(=O)Cc3c(C(=O)O)c(C)cn3C)CC2)c1C. The maximum Gasteiger partial charge on any atom is 0.337 e. The van der Waals surface area contributed by atoms with Crippen molar-refractivity contribution in [3.8, 4) is 0 Å². The van der Waals surface area contributed by atoms with Crippen molar-refractivity contribution in [1.29, 1.82) is 0 Å². The van der Waals surface area contributed by atoms with Crippen molar-refractivity contribution < 1.29 is 14.7 Å². The number of aryl methyl sites for hydroxylation is 3. The molecule has 0 bridgehead atoms. The van der Waals surface area contributed by atoms with Crippen LogP contribution in [0.15, 0.2) is 24.4 Å². The summed E-state index contributed by atoms with van der Waals surface area (Å²) in [7, 11) is 1.79. The number of carboxylic acid groups (broad SMARTS) is 1. The van der Waals surface area contributed by atoms with Crippen LogP contribution in [0.3, 0.4) is 0 Å². The van der Waals surface area contributed by atoms with Crippen LogP contribution in [0.1, 0.15) is 32.7 Å². The highest BCUT2D eigenvalue weighted by Gasteiger charge is 2.25. The number of aromatic carboxylic acids is 1. The van der Waals surface area contributed by atoms with Gasteiger partial charge in [-0.1, -0.05) is 12.1 Å². The molecule has 144 valence electrons. The molecule has 0 spiro atoms. The first-order chi connectivity index (χ1) is 12.8. The molecule has 1 aliphatic rings. The van der Waals surface area contributed by atoms with Gasteiger partial charge in [0.1, 0.15) is 0 Å². The number of hydrogen-bond donors (Lipinski definition) is 1. The number of aromatic nitrogens is 1. The van der Waals surface area contributed by atoms with Gasteiger partial charge in [-0.15, -0.1) is 0 Å². The van der Waals surface area contributed by atoms with Gasteiger partial charge in [0.25, 0.3) is 0 Å². The first-order valence-corrected chi connectivity index (χ1v) is 9.26. The zero-order valence-electron chi connectivity index (χ0n) is 16.5. The van der Waals surface area contributed by atoms with Crippen molar-refractivity contribution in [2.45, 2.75) is 27.2 Å². The van der Waals surface area contributed by atoms with E-state index in [1.165, 1.54) is 16.8 Å². The molecule has 27 heavy (non-hydrogen) atoms. The molecule has 1 aromatic carbocycles. The second kappa shape index (κ2) is 7.47. The Morgan fingerprint density at radius 1 is 1.04 bits per heavy atom. The van der Waals surface area contributed by atoms with Crippen molar-refractivity contribution in [3.63, 3.8) is 0 Å². The third-order valence-electron chi connectivity index (χ3n) is 5.58. The van der Waals surface area contributed by atoms with Gasteiger partial charge >= 0.3 is 5.97 Å². The number of carbonyl (C=O) groups is 2. The normalized spacial score (nSPS) is 14.5. The van der Waals surface area contributed by atoms with Crippen molar-refractivity contribution in [1.82, 2.24) is 9.47 Å². The Morgan fingerprint density at radius 2 is 1.70 bits per heavy atom. The molecule has 1 aliphatic heterocycles. The summed E-state index contributed by atoms with van der Waals surface area (Å²) in [5.41, 5.74) is 5.29. The molecule has 1 saturated heterocycles. The van der Waals surface area contributed by atoms with E-state index in [9.17, 15) is 14.7 Å². The highest BCUT2D eigenvalue weighted by molar-refractivity contribution is 5.93. The summed E-state index contributed by atoms with van der Waals surface area (Å²) < 4.78 is 1.75. The highest BCUT2D eigenvalue weighted by atomic mass is 16.4. The maximum atomic E-state index is 12.8. The van der Waals surface area contributed by atoms with Crippen LogP contribution in [0.5, 0.6) is 0 Å². The molecular formula is C21H27N3O3. The molecule has 3 rings (SSSR count). The summed E-state index contributed by atoms with van der Waals surface area (Å²) in [4.78, 5) is 28.5. The van der Waals surface area contributed by atoms with Gasteiger partial charge in [0, 0.05) is 50.8 Å². The van der Waals surface area contributed by atoms with Gasteiger partial charge < -0.3 is 19.5 Å². The lowest BCUT2D eigenvalue weighted by atomic mass is 10.1. The molecule has 6 heteroatoms. The van der Waals surface area contributed by atoms with Crippen LogP contribution >= 0.6 is 0 Å². The van der Waals surface area contributed by atoms with E-state index in [1.54, 1.807) is 24.7 Å². The zero-order valence-corrected chi connectivity index (χ0v) is 16.5. The fourth-order valence-electron chi connectivity index (χ4n) is 3.87. The van der Waals surface area contributed by atoms with Gasteiger partial charge in [-0.05, 0) is 43.5 Å². The van der Waals surface area contributed by atoms with Crippen LogP contribution in [0.2, 0.25) is 0 Å². The van der Waals surface area contributed by atoms with Crippen LogP contribution in [0, 0.1) is 20.8 Å². The first kappa shape index (κ1) is 19.0. The van der Waals surface area contributed by atoms with E-state index in [1.807, 2.05) is 4.90 Å². The molecule has 0 aliphatic carbocycles. The van der Waals surface area contributed by atoms with E-state index >= 15 is 0 Å². The number of rotatable bonds is 4. The van der Waals surface area contributed by atoms with Gasteiger partial charge in [0.05, 0.1) is 12.0 Å². The van der Waals surface area contributed by atoms with E-state index < -0.39 is 5.97 Å². The van der Waals surface area contributed by atoms with Crippen molar-refractivity contribution in [2.24, 2.45) is 7.05 Å². The van der Waals surface area contributed by atoms with Crippen LogP contribution in [0.4, 0.5) is 5.69 Å². The van der Waals surface area contributed by atoms with E-state index in [-0.39, 0.29) is 17.9 Å². The fraction of sp³-hybridized carbons (Fsp3) is 0.429. The predicted octanol–water partition coefficient (Wildman–Crippen LogP) is 2.54. The first-order valence-electron chi connectivity index (χ1n) is 9.26. The largest absolute Gasteiger partial charge is 0.478 e. The van der Waals surface area contributed by atoms with Gasteiger partial charge in [-0.2, -0.15) is 0 Å². The summed E-state index contributed by atoms with van der Waals surface area (Å²) in [5, 5.41) is 9.45. The highest BCUT2D eigenvalue weighted by Crippen LogP contribution is 2.24. The number of amides is 1. The van der Waals surface area contributed by atoms with E-state index in [0.717, 1.165) is 13.1 Å². The minimum absolute atomic E-state index is 0.0145. The van der Waals surface area contributed by atoms with Crippen molar-refractivity contribution >= 4 is 17.6 Å². The summed E-state index contributed by atoms with van der Waals surface area (Å²) in [6.07, 6.45) is 1.89. The number of benzene rings is 1. The van der Waals surface area contributed by atoms with Crippen LogP contribution < -0.4 is 4.90 Å². The zero-order chi connectivity index (χ0) is 19.7. The van der Waals surface area contributed by atoms with Crippen LogP contribution in [-0.4, -0.2) is 52.6 Å². The summed E-state index contributed by atoms with van der Waals surface area (Å²) in [5.74, 6) is -0.991. The Hall–Kier alpha value is -2.76.